The van der Waals surface area contributed by atoms with Gasteiger partial charge in [-0.1, -0.05) is 6.07 Å². The molecule has 1 fully saturated rings. The minimum absolute atomic E-state index is 0.375. The summed E-state index contributed by atoms with van der Waals surface area (Å²) in [5.74, 6) is -0.854. The van der Waals surface area contributed by atoms with Crippen LogP contribution in [0.3, 0.4) is 0 Å². The molecule has 3 heteroatoms. The number of carbonyl (C=O) groups is 1. The van der Waals surface area contributed by atoms with Gasteiger partial charge < -0.3 is 10.0 Å². The predicted octanol–water partition coefficient (Wildman–Crippen LogP) is 2.68. The summed E-state index contributed by atoms with van der Waals surface area (Å²) < 4.78 is 0. The Labute approximate surface area is 95.7 Å². The van der Waals surface area contributed by atoms with E-state index >= 15 is 0 Å². The van der Waals surface area contributed by atoms with Gasteiger partial charge in [-0.3, -0.25) is 0 Å². The van der Waals surface area contributed by atoms with Gasteiger partial charge in [0.15, 0.2) is 0 Å². The summed E-state index contributed by atoms with van der Waals surface area (Å²) in [6.07, 6.45) is 2.38. The molecule has 1 heterocycles. The molecule has 0 amide bonds. The molecule has 0 spiro atoms. The van der Waals surface area contributed by atoms with Gasteiger partial charge in [0.25, 0.3) is 0 Å². The van der Waals surface area contributed by atoms with Crippen molar-refractivity contribution in [2.45, 2.75) is 32.7 Å². The van der Waals surface area contributed by atoms with Gasteiger partial charge in [0.1, 0.15) is 0 Å². The molecule has 0 aromatic heterocycles. The minimum Gasteiger partial charge on any atom is -0.478 e. The summed E-state index contributed by atoms with van der Waals surface area (Å²) in [6, 6.07) is 5.87. The van der Waals surface area contributed by atoms with E-state index in [9.17, 15) is 4.79 Å². The quantitative estimate of drug-likeness (QED) is 0.831. The van der Waals surface area contributed by atoms with Gasteiger partial charge in [-0.2, -0.15) is 0 Å². The zero-order chi connectivity index (χ0) is 11.7. The second-order valence-electron chi connectivity index (χ2n) is 4.49. The van der Waals surface area contributed by atoms with E-state index in [-0.39, 0.29) is 0 Å². The molecule has 0 radical (unpaired) electrons. The van der Waals surface area contributed by atoms with Crippen LogP contribution in [0.4, 0.5) is 5.69 Å². The van der Waals surface area contributed by atoms with E-state index in [1.165, 1.54) is 12.8 Å². The van der Waals surface area contributed by atoms with Crippen LogP contribution < -0.4 is 4.90 Å². The summed E-state index contributed by atoms with van der Waals surface area (Å²) in [5, 5.41) is 8.99. The summed E-state index contributed by atoms with van der Waals surface area (Å²) in [5.41, 5.74) is 2.60. The number of aryl methyl sites for hydroxylation is 1. The Kier molecular flexibility index (Phi) is 2.86. The largest absolute Gasteiger partial charge is 0.478 e. The van der Waals surface area contributed by atoms with Gasteiger partial charge in [-0.15, -0.1) is 0 Å². The smallest absolute Gasteiger partial charge is 0.335 e. The van der Waals surface area contributed by atoms with Crippen molar-refractivity contribution in [1.82, 2.24) is 0 Å². The lowest BCUT2D eigenvalue weighted by molar-refractivity contribution is 0.0697. The Bertz CT molecular complexity index is 414. The first-order valence-electron chi connectivity index (χ1n) is 5.70. The van der Waals surface area contributed by atoms with Crippen molar-refractivity contribution >= 4 is 11.7 Å². The maximum absolute atomic E-state index is 10.9. The molecule has 1 unspecified atom stereocenters. The number of benzene rings is 1. The second kappa shape index (κ2) is 4.16. The van der Waals surface area contributed by atoms with Crippen molar-refractivity contribution in [3.05, 3.63) is 29.3 Å². The van der Waals surface area contributed by atoms with Gasteiger partial charge in [-0.05, 0) is 44.4 Å². The Morgan fingerprint density at radius 2 is 2.25 bits per heavy atom. The highest BCUT2D eigenvalue weighted by atomic mass is 16.4. The van der Waals surface area contributed by atoms with Crippen molar-refractivity contribution in [2.75, 3.05) is 11.4 Å². The molecule has 16 heavy (non-hydrogen) atoms. The van der Waals surface area contributed by atoms with E-state index in [1.54, 1.807) is 12.1 Å². The van der Waals surface area contributed by atoms with Crippen LogP contribution >= 0.6 is 0 Å². The van der Waals surface area contributed by atoms with E-state index in [0.717, 1.165) is 17.8 Å². The van der Waals surface area contributed by atoms with E-state index in [2.05, 4.69) is 11.8 Å². The number of carboxylic acids is 1. The summed E-state index contributed by atoms with van der Waals surface area (Å²) in [4.78, 5) is 13.2. The first-order chi connectivity index (χ1) is 7.59. The van der Waals surface area contributed by atoms with Crippen molar-refractivity contribution in [2.24, 2.45) is 0 Å². The summed E-state index contributed by atoms with van der Waals surface area (Å²) in [7, 11) is 0. The fourth-order valence-corrected chi connectivity index (χ4v) is 2.34. The Morgan fingerprint density at radius 3 is 2.81 bits per heavy atom. The van der Waals surface area contributed by atoms with Crippen LogP contribution in [-0.4, -0.2) is 23.7 Å². The Morgan fingerprint density at radius 1 is 1.50 bits per heavy atom. The maximum Gasteiger partial charge on any atom is 0.335 e. The lowest BCUT2D eigenvalue weighted by Gasteiger charge is -2.25. The second-order valence-corrected chi connectivity index (χ2v) is 4.49. The molecular formula is C13H17NO2. The highest BCUT2D eigenvalue weighted by molar-refractivity contribution is 5.89. The van der Waals surface area contributed by atoms with E-state index < -0.39 is 5.97 Å². The third-order valence-electron chi connectivity index (χ3n) is 3.32. The number of nitrogens with zero attached hydrogens (tertiary/aromatic N) is 1. The molecule has 1 aromatic rings. The van der Waals surface area contributed by atoms with Crippen molar-refractivity contribution in [1.29, 1.82) is 0 Å². The van der Waals surface area contributed by atoms with Crippen LogP contribution in [0.1, 0.15) is 35.7 Å². The summed E-state index contributed by atoms with van der Waals surface area (Å²) >= 11 is 0. The Hall–Kier alpha value is -1.51. The third-order valence-corrected chi connectivity index (χ3v) is 3.32. The van der Waals surface area contributed by atoms with E-state index in [0.29, 0.717) is 11.6 Å². The first kappa shape index (κ1) is 11.0. The van der Waals surface area contributed by atoms with E-state index in [4.69, 9.17) is 5.11 Å². The lowest BCUT2D eigenvalue weighted by atomic mass is 10.1. The van der Waals surface area contributed by atoms with Crippen molar-refractivity contribution < 1.29 is 9.90 Å². The summed E-state index contributed by atoms with van der Waals surface area (Å²) in [6.45, 7) is 5.26. The minimum atomic E-state index is -0.854. The monoisotopic (exact) mass is 219 g/mol. The highest BCUT2D eigenvalue weighted by Crippen LogP contribution is 2.29. The van der Waals surface area contributed by atoms with E-state index in [1.807, 2.05) is 13.0 Å². The molecule has 1 saturated heterocycles. The molecule has 1 N–H and O–H groups in total. The zero-order valence-corrected chi connectivity index (χ0v) is 9.73. The van der Waals surface area contributed by atoms with Gasteiger partial charge in [0.05, 0.1) is 5.56 Å². The molecule has 0 saturated carbocycles. The van der Waals surface area contributed by atoms with Crippen LogP contribution in [0, 0.1) is 6.92 Å². The standard InChI is InChI=1S/C13H17NO2/c1-9-5-6-11(13(15)16)8-12(9)14-7-3-4-10(14)2/h5-6,8,10H,3-4,7H2,1-2H3,(H,15,16). The first-order valence-corrected chi connectivity index (χ1v) is 5.70. The molecular weight excluding hydrogens is 202 g/mol. The number of aromatic carboxylic acids is 1. The number of hydrogen-bond donors (Lipinski definition) is 1. The topological polar surface area (TPSA) is 40.5 Å². The van der Waals surface area contributed by atoms with Crippen LogP contribution in [-0.2, 0) is 0 Å². The fraction of sp³-hybridized carbons (Fsp3) is 0.462. The van der Waals surface area contributed by atoms with Gasteiger partial charge in [-0.25, -0.2) is 4.79 Å². The van der Waals surface area contributed by atoms with Crippen LogP contribution in [0.2, 0.25) is 0 Å². The number of hydrogen-bond acceptors (Lipinski definition) is 2. The lowest BCUT2D eigenvalue weighted by Crippen LogP contribution is -2.27. The van der Waals surface area contributed by atoms with Gasteiger partial charge in [0, 0.05) is 18.3 Å². The molecule has 1 aliphatic rings. The molecule has 1 aliphatic heterocycles. The van der Waals surface area contributed by atoms with Crippen LogP contribution in [0.25, 0.3) is 0 Å². The molecule has 0 aliphatic carbocycles. The Balaban J connectivity index is 2.38. The molecule has 0 bridgehead atoms. The van der Waals surface area contributed by atoms with Crippen molar-refractivity contribution in [3.8, 4) is 0 Å². The van der Waals surface area contributed by atoms with Crippen LogP contribution in [0.15, 0.2) is 18.2 Å². The maximum atomic E-state index is 10.9. The fourth-order valence-electron chi connectivity index (χ4n) is 2.34. The molecule has 86 valence electrons. The average Bonchev–Trinajstić information content (AvgIpc) is 2.65. The zero-order valence-electron chi connectivity index (χ0n) is 9.73. The van der Waals surface area contributed by atoms with Gasteiger partial charge >= 0.3 is 5.97 Å². The molecule has 3 nitrogen and oxygen atoms in total. The SMILES string of the molecule is Cc1ccc(C(=O)O)cc1N1CCCC1C. The molecule has 1 aromatic carbocycles. The third kappa shape index (κ3) is 1.90. The van der Waals surface area contributed by atoms with Crippen molar-refractivity contribution in [3.63, 3.8) is 0 Å². The van der Waals surface area contributed by atoms with Crippen LogP contribution in [0.5, 0.6) is 0 Å². The molecule has 2 rings (SSSR count). The predicted molar refractivity (Wildman–Crippen MR) is 64.2 cm³/mol. The average molecular weight is 219 g/mol. The number of rotatable bonds is 2. The number of carboxylic acid groups (broad SMARTS) is 1. The van der Waals surface area contributed by atoms with Gasteiger partial charge in [0.2, 0.25) is 0 Å². The molecule has 1 atom stereocenters. The number of anilines is 1. The highest BCUT2D eigenvalue weighted by Gasteiger charge is 2.22. The normalized spacial score (nSPS) is 20.1.